The van der Waals surface area contributed by atoms with Crippen LogP contribution in [0, 0.1) is 10.1 Å². The minimum atomic E-state index is -0.515. The van der Waals surface area contributed by atoms with Crippen molar-refractivity contribution in [2.45, 2.75) is 6.61 Å². The molecule has 0 saturated heterocycles. The number of aromatic nitrogens is 2. The largest absolute Gasteiger partial charge is 0.391 e. The van der Waals surface area contributed by atoms with Gasteiger partial charge < -0.3 is 5.11 Å². The van der Waals surface area contributed by atoms with Crippen LogP contribution in [0.1, 0.15) is 5.56 Å². The summed E-state index contributed by atoms with van der Waals surface area (Å²) in [6, 6.07) is 6.25. The molecule has 2 rings (SSSR count). The number of aliphatic hydroxyl groups is 1. The molecule has 0 unspecified atom stereocenters. The van der Waals surface area contributed by atoms with E-state index in [0.717, 1.165) is 0 Å². The highest BCUT2D eigenvalue weighted by molar-refractivity contribution is 5.47. The molecule has 16 heavy (non-hydrogen) atoms. The summed E-state index contributed by atoms with van der Waals surface area (Å²) < 4.78 is 1.57. The number of nitro benzene ring substituents is 1. The van der Waals surface area contributed by atoms with Crippen molar-refractivity contribution in [3.8, 4) is 5.69 Å². The van der Waals surface area contributed by atoms with Gasteiger partial charge in [-0.05, 0) is 18.2 Å². The molecule has 6 heteroatoms. The Bertz CT molecular complexity index is 508. The normalized spacial score (nSPS) is 10.3. The average Bonchev–Trinajstić information content (AvgIpc) is 2.81. The van der Waals surface area contributed by atoms with Gasteiger partial charge in [0.05, 0.1) is 22.8 Å². The highest BCUT2D eigenvalue weighted by Gasteiger charge is 2.13. The molecule has 1 N–H and O–H groups in total. The first-order valence-electron chi connectivity index (χ1n) is 4.60. The number of benzene rings is 1. The molecule has 2 aromatic rings. The van der Waals surface area contributed by atoms with E-state index < -0.39 is 4.92 Å². The standard InChI is InChI=1S/C10H9N3O3/c14-7-8-6-9(12-5-1-4-11-12)2-3-10(8)13(15)16/h1-6,14H,7H2. The molecule has 0 bridgehead atoms. The van der Waals surface area contributed by atoms with E-state index in [0.29, 0.717) is 5.69 Å². The van der Waals surface area contributed by atoms with Gasteiger partial charge in [-0.3, -0.25) is 10.1 Å². The minimum Gasteiger partial charge on any atom is -0.391 e. The van der Waals surface area contributed by atoms with E-state index in [1.54, 1.807) is 35.3 Å². The van der Waals surface area contributed by atoms with E-state index in [-0.39, 0.29) is 17.9 Å². The Morgan fingerprint density at radius 2 is 2.31 bits per heavy atom. The number of nitrogens with zero attached hydrogens (tertiary/aromatic N) is 3. The highest BCUT2D eigenvalue weighted by Crippen LogP contribution is 2.21. The molecule has 82 valence electrons. The van der Waals surface area contributed by atoms with Gasteiger partial charge in [0.1, 0.15) is 0 Å². The van der Waals surface area contributed by atoms with Crippen LogP contribution < -0.4 is 0 Å². The van der Waals surface area contributed by atoms with Gasteiger partial charge in [-0.2, -0.15) is 5.10 Å². The van der Waals surface area contributed by atoms with E-state index in [9.17, 15) is 10.1 Å². The SMILES string of the molecule is O=[N+]([O-])c1ccc(-n2cccn2)cc1CO. The van der Waals surface area contributed by atoms with Crippen LogP contribution in [0.15, 0.2) is 36.7 Å². The maximum absolute atomic E-state index is 10.7. The van der Waals surface area contributed by atoms with Crippen molar-refractivity contribution in [1.82, 2.24) is 9.78 Å². The van der Waals surface area contributed by atoms with Gasteiger partial charge in [0.25, 0.3) is 5.69 Å². The summed E-state index contributed by atoms with van der Waals surface area (Å²) in [5.74, 6) is 0. The summed E-state index contributed by atoms with van der Waals surface area (Å²) in [4.78, 5) is 10.1. The fourth-order valence-electron chi connectivity index (χ4n) is 1.44. The number of rotatable bonds is 3. The van der Waals surface area contributed by atoms with Gasteiger partial charge in [-0.15, -0.1) is 0 Å². The fourth-order valence-corrected chi connectivity index (χ4v) is 1.44. The van der Waals surface area contributed by atoms with Crippen LogP contribution in [0.4, 0.5) is 5.69 Å². The van der Waals surface area contributed by atoms with Gasteiger partial charge in [0, 0.05) is 18.5 Å². The number of nitro groups is 1. The lowest BCUT2D eigenvalue weighted by Crippen LogP contribution is -1.99. The van der Waals surface area contributed by atoms with Crippen molar-refractivity contribution in [2.24, 2.45) is 0 Å². The van der Waals surface area contributed by atoms with Crippen molar-refractivity contribution < 1.29 is 10.0 Å². The molecule has 0 aliphatic rings. The third kappa shape index (κ3) is 1.78. The molecule has 1 heterocycles. The molecule has 1 aromatic heterocycles. The maximum Gasteiger partial charge on any atom is 0.275 e. The third-order valence-electron chi connectivity index (χ3n) is 2.20. The van der Waals surface area contributed by atoms with Gasteiger partial charge in [0.15, 0.2) is 0 Å². The first-order valence-corrected chi connectivity index (χ1v) is 4.60. The molecule has 0 fully saturated rings. The molecule has 0 aliphatic heterocycles. The van der Waals surface area contributed by atoms with E-state index in [1.807, 2.05) is 0 Å². The molecule has 0 spiro atoms. The smallest absolute Gasteiger partial charge is 0.275 e. The predicted molar refractivity (Wildman–Crippen MR) is 56.1 cm³/mol. The van der Waals surface area contributed by atoms with Gasteiger partial charge in [-0.1, -0.05) is 0 Å². The second-order valence-corrected chi connectivity index (χ2v) is 3.18. The van der Waals surface area contributed by atoms with Crippen LogP contribution in [0.2, 0.25) is 0 Å². The quantitative estimate of drug-likeness (QED) is 0.622. The summed E-state index contributed by atoms with van der Waals surface area (Å²) >= 11 is 0. The Hall–Kier alpha value is -2.21. The summed E-state index contributed by atoms with van der Waals surface area (Å²) in [5, 5.41) is 23.7. The fraction of sp³-hybridized carbons (Fsp3) is 0.100. The molecule has 0 saturated carbocycles. The van der Waals surface area contributed by atoms with Crippen molar-refractivity contribution in [3.63, 3.8) is 0 Å². The zero-order chi connectivity index (χ0) is 11.5. The summed E-state index contributed by atoms with van der Waals surface area (Å²) in [5.41, 5.74) is 0.871. The van der Waals surface area contributed by atoms with Crippen molar-refractivity contribution in [2.75, 3.05) is 0 Å². The zero-order valence-corrected chi connectivity index (χ0v) is 8.28. The number of hydrogen-bond donors (Lipinski definition) is 1. The van der Waals surface area contributed by atoms with Gasteiger partial charge in [0.2, 0.25) is 0 Å². The second-order valence-electron chi connectivity index (χ2n) is 3.18. The van der Waals surface area contributed by atoms with E-state index in [4.69, 9.17) is 5.11 Å². The topological polar surface area (TPSA) is 81.2 Å². The Morgan fingerprint density at radius 3 is 2.88 bits per heavy atom. The molecule has 6 nitrogen and oxygen atoms in total. The summed E-state index contributed by atoms with van der Waals surface area (Å²) in [7, 11) is 0. The van der Waals surface area contributed by atoms with Crippen LogP contribution >= 0.6 is 0 Å². The highest BCUT2D eigenvalue weighted by atomic mass is 16.6. The first kappa shape index (κ1) is 10.3. The Morgan fingerprint density at radius 1 is 1.50 bits per heavy atom. The Labute approximate surface area is 90.9 Å². The monoisotopic (exact) mass is 219 g/mol. The molecule has 0 atom stereocenters. The van der Waals surface area contributed by atoms with Crippen molar-refractivity contribution >= 4 is 5.69 Å². The van der Waals surface area contributed by atoms with E-state index >= 15 is 0 Å². The van der Waals surface area contributed by atoms with Crippen LogP contribution in [-0.4, -0.2) is 19.8 Å². The van der Waals surface area contributed by atoms with Gasteiger partial charge in [-0.25, -0.2) is 4.68 Å². The lowest BCUT2D eigenvalue weighted by Gasteiger charge is -2.04. The average molecular weight is 219 g/mol. The number of hydrogen-bond acceptors (Lipinski definition) is 4. The third-order valence-corrected chi connectivity index (χ3v) is 2.20. The van der Waals surface area contributed by atoms with Crippen LogP contribution in [0.3, 0.4) is 0 Å². The molecule has 1 aromatic carbocycles. The molecule has 0 amide bonds. The van der Waals surface area contributed by atoms with E-state index in [1.165, 1.54) is 6.07 Å². The van der Waals surface area contributed by atoms with Crippen LogP contribution in [0.25, 0.3) is 5.69 Å². The molecular weight excluding hydrogens is 210 g/mol. The van der Waals surface area contributed by atoms with Crippen molar-refractivity contribution in [1.29, 1.82) is 0 Å². The van der Waals surface area contributed by atoms with Gasteiger partial charge >= 0.3 is 0 Å². The lowest BCUT2D eigenvalue weighted by atomic mass is 10.1. The van der Waals surface area contributed by atoms with Crippen LogP contribution in [-0.2, 0) is 6.61 Å². The Balaban J connectivity index is 2.49. The lowest BCUT2D eigenvalue weighted by molar-refractivity contribution is -0.385. The summed E-state index contributed by atoms with van der Waals surface area (Å²) in [6.07, 6.45) is 3.34. The number of aliphatic hydroxyl groups excluding tert-OH is 1. The molecule has 0 radical (unpaired) electrons. The molecular formula is C10H9N3O3. The van der Waals surface area contributed by atoms with Crippen molar-refractivity contribution in [3.05, 3.63) is 52.3 Å². The van der Waals surface area contributed by atoms with Crippen LogP contribution in [0.5, 0.6) is 0 Å². The predicted octanol–water partition coefficient (Wildman–Crippen LogP) is 1.27. The zero-order valence-electron chi connectivity index (χ0n) is 8.28. The second kappa shape index (κ2) is 4.11. The van der Waals surface area contributed by atoms with E-state index in [2.05, 4.69) is 5.10 Å². The minimum absolute atomic E-state index is 0.0848. The maximum atomic E-state index is 10.7. The summed E-state index contributed by atoms with van der Waals surface area (Å²) in [6.45, 7) is -0.370. The Kier molecular flexibility index (Phi) is 2.65. The molecule has 0 aliphatic carbocycles. The first-order chi connectivity index (χ1) is 7.72.